The first kappa shape index (κ1) is 12.6. The van der Waals surface area contributed by atoms with Gasteiger partial charge in [-0.25, -0.2) is 9.97 Å². The van der Waals surface area contributed by atoms with E-state index in [0.29, 0.717) is 17.1 Å². The highest BCUT2D eigenvalue weighted by molar-refractivity contribution is 6.33. The van der Waals surface area contributed by atoms with Gasteiger partial charge in [0, 0.05) is 24.8 Å². The van der Waals surface area contributed by atoms with Crippen LogP contribution in [0.1, 0.15) is 11.4 Å². The van der Waals surface area contributed by atoms with Gasteiger partial charge in [-0.15, -0.1) is 0 Å². The average Bonchev–Trinajstić information content (AvgIpc) is 2.83. The predicted molar refractivity (Wildman–Crippen MR) is 74.8 cm³/mol. The monoisotopic (exact) mass is 288 g/mol. The number of rotatable bonds is 3. The molecule has 0 unspecified atom stereocenters. The summed E-state index contributed by atoms with van der Waals surface area (Å²) in [6, 6.07) is 8.16. The van der Waals surface area contributed by atoms with Crippen LogP contribution < -0.4 is 0 Å². The molecule has 1 N–H and O–H groups in total. The number of nitro groups is 1. The fraction of sp³-hybridized carbons (Fsp3) is 0.0769. The topological polar surface area (TPSA) is 84.7 Å². The van der Waals surface area contributed by atoms with Crippen LogP contribution in [-0.2, 0) is 6.42 Å². The first-order valence-corrected chi connectivity index (χ1v) is 6.24. The lowest BCUT2D eigenvalue weighted by Gasteiger charge is -1.97. The standard InChI is InChI=1S/C13H9ClN4O2/c14-13-12-10(5-6-15-13)16-11(17-12)7-8-1-3-9(4-2-8)18(19)20/h1-6H,7H2,(H,16,17). The van der Waals surface area contributed by atoms with Gasteiger partial charge in [0.2, 0.25) is 0 Å². The van der Waals surface area contributed by atoms with Gasteiger partial charge in [0.05, 0.1) is 10.4 Å². The molecular weight excluding hydrogens is 280 g/mol. The smallest absolute Gasteiger partial charge is 0.269 e. The van der Waals surface area contributed by atoms with Crippen LogP contribution in [0.4, 0.5) is 5.69 Å². The van der Waals surface area contributed by atoms with Crippen molar-refractivity contribution in [3.05, 3.63) is 63.2 Å². The van der Waals surface area contributed by atoms with Crippen molar-refractivity contribution in [2.24, 2.45) is 0 Å². The van der Waals surface area contributed by atoms with Gasteiger partial charge in [0.25, 0.3) is 5.69 Å². The van der Waals surface area contributed by atoms with E-state index in [2.05, 4.69) is 15.0 Å². The summed E-state index contributed by atoms with van der Waals surface area (Å²) in [5, 5.41) is 11.0. The van der Waals surface area contributed by atoms with E-state index in [9.17, 15) is 10.1 Å². The fourth-order valence-electron chi connectivity index (χ4n) is 1.97. The number of hydrogen-bond donors (Lipinski definition) is 1. The van der Waals surface area contributed by atoms with E-state index in [-0.39, 0.29) is 5.69 Å². The summed E-state index contributed by atoms with van der Waals surface area (Å²) in [5.74, 6) is 0.740. The van der Waals surface area contributed by atoms with Crippen molar-refractivity contribution < 1.29 is 4.92 Å². The van der Waals surface area contributed by atoms with Gasteiger partial charge < -0.3 is 4.98 Å². The Morgan fingerprint density at radius 2 is 2.00 bits per heavy atom. The Labute approximate surface area is 118 Å². The van der Waals surface area contributed by atoms with Gasteiger partial charge in [0.1, 0.15) is 11.3 Å². The molecule has 3 aromatic rings. The van der Waals surface area contributed by atoms with Crippen molar-refractivity contribution in [3.8, 4) is 0 Å². The Balaban J connectivity index is 1.89. The van der Waals surface area contributed by atoms with E-state index < -0.39 is 4.92 Å². The van der Waals surface area contributed by atoms with E-state index >= 15 is 0 Å². The number of aromatic nitrogens is 3. The van der Waals surface area contributed by atoms with Crippen LogP contribution in [0.5, 0.6) is 0 Å². The molecule has 6 nitrogen and oxygen atoms in total. The van der Waals surface area contributed by atoms with Crippen molar-refractivity contribution in [3.63, 3.8) is 0 Å². The molecule has 3 rings (SSSR count). The SMILES string of the molecule is O=[N+]([O-])c1ccc(Cc2nc3ccnc(Cl)c3[nH]2)cc1. The van der Waals surface area contributed by atoms with Gasteiger partial charge in [-0.1, -0.05) is 23.7 Å². The molecule has 0 atom stereocenters. The molecule has 1 aromatic carbocycles. The normalized spacial score (nSPS) is 10.8. The third-order valence-corrected chi connectivity index (χ3v) is 3.21. The van der Waals surface area contributed by atoms with Crippen LogP contribution in [0.3, 0.4) is 0 Å². The first-order valence-electron chi connectivity index (χ1n) is 5.86. The minimum atomic E-state index is -0.420. The lowest BCUT2D eigenvalue weighted by molar-refractivity contribution is -0.384. The van der Waals surface area contributed by atoms with E-state index in [1.54, 1.807) is 24.4 Å². The minimum absolute atomic E-state index is 0.0746. The Hall–Kier alpha value is -2.47. The molecule has 0 amide bonds. The zero-order valence-corrected chi connectivity index (χ0v) is 11.0. The van der Waals surface area contributed by atoms with Crippen molar-refractivity contribution in [2.75, 3.05) is 0 Å². The van der Waals surface area contributed by atoms with Crippen LogP contribution in [0.25, 0.3) is 11.0 Å². The van der Waals surface area contributed by atoms with Gasteiger partial charge >= 0.3 is 0 Å². The summed E-state index contributed by atoms with van der Waals surface area (Å²) in [6.45, 7) is 0. The van der Waals surface area contributed by atoms with Gasteiger partial charge in [-0.3, -0.25) is 10.1 Å². The number of hydrogen-bond acceptors (Lipinski definition) is 4. The highest BCUT2D eigenvalue weighted by Gasteiger charge is 2.09. The predicted octanol–water partition coefficient (Wildman–Crippen LogP) is 3.11. The maximum Gasteiger partial charge on any atom is 0.269 e. The van der Waals surface area contributed by atoms with Gasteiger partial charge in [0.15, 0.2) is 5.15 Å². The second-order valence-electron chi connectivity index (χ2n) is 4.28. The highest BCUT2D eigenvalue weighted by Crippen LogP contribution is 2.20. The van der Waals surface area contributed by atoms with Crippen molar-refractivity contribution in [2.45, 2.75) is 6.42 Å². The number of nitro benzene ring substituents is 1. The number of aromatic amines is 1. The summed E-state index contributed by atoms with van der Waals surface area (Å²) in [7, 11) is 0. The lowest BCUT2D eigenvalue weighted by atomic mass is 10.1. The largest absolute Gasteiger partial charge is 0.339 e. The zero-order chi connectivity index (χ0) is 14.1. The second kappa shape index (κ2) is 4.90. The summed E-state index contributed by atoms with van der Waals surface area (Å²) in [5.41, 5.74) is 2.46. The quantitative estimate of drug-likeness (QED) is 0.456. The zero-order valence-electron chi connectivity index (χ0n) is 10.2. The van der Waals surface area contributed by atoms with Gasteiger partial charge in [-0.2, -0.15) is 0 Å². The Kier molecular flexibility index (Phi) is 3.08. The van der Waals surface area contributed by atoms with Crippen molar-refractivity contribution >= 4 is 28.3 Å². The van der Waals surface area contributed by atoms with E-state index in [4.69, 9.17) is 11.6 Å². The second-order valence-corrected chi connectivity index (χ2v) is 4.64. The molecule has 0 fully saturated rings. The Bertz CT molecular complexity index is 783. The molecule has 100 valence electrons. The molecule has 0 aliphatic rings. The number of non-ortho nitro benzene ring substituents is 1. The van der Waals surface area contributed by atoms with Crippen molar-refractivity contribution in [1.29, 1.82) is 0 Å². The van der Waals surface area contributed by atoms with E-state index in [1.807, 2.05) is 0 Å². The molecule has 7 heteroatoms. The molecular formula is C13H9ClN4O2. The third-order valence-electron chi connectivity index (χ3n) is 2.93. The average molecular weight is 289 g/mol. The molecule has 2 aromatic heterocycles. The number of pyridine rings is 1. The Morgan fingerprint density at radius 1 is 1.25 bits per heavy atom. The molecule has 0 spiro atoms. The van der Waals surface area contributed by atoms with E-state index in [0.717, 1.165) is 16.9 Å². The van der Waals surface area contributed by atoms with Crippen LogP contribution in [0.2, 0.25) is 5.15 Å². The maximum absolute atomic E-state index is 10.6. The summed E-state index contributed by atoms with van der Waals surface area (Å²) in [4.78, 5) is 21.7. The molecule has 0 aliphatic carbocycles. The van der Waals surface area contributed by atoms with Crippen LogP contribution in [0.15, 0.2) is 36.5 Å². The number of benzene rings is 1. The van der Waals surface area contributed by atoms with Crippen molar-refractivity contribution in [1.82, 2.24) is 15.0 Å². The fourth-order valence-corrected chi connectivity index (χ4v) is 2.17. The number of nitrogens with one attached hydrogen (secondary N) is 1. The summed E-state index contributed by atoms with van der Waals surface area (Å²) >= 11 is 5.97. The number of H-pyrrole nitrogens is 1. The lowest BCUT2D eigenvalue weighted by Crippen LogP contribution is -1.92. The van der Waals surface area contributed by atoms with E-state index in [1.165, 1.54) is 12.1 Å². The van der Waals surface area contributed by atoms with Crippen LogP contribution in [0, 0.1) is 10.1 Å². The Morgan fingerprint density at radius 3 is 2.65 bits per heavy atom. The molecule has 20 heavy (non-hydrogen) atoms. The number of imidazole rings is 1. The number of fused-ring (bicyclic) bond motifs is 1. The molecule has 0 saturated heterocycles. The molecule has 0 radical (unpaired) electrons. The minimum Gasteiger partial charge on any atom is -0.339 e. The maximum atomic E-state index is 10.6. The van der Waals surface area contributed by atoms with Crippen LogP contribution >= 0.6 is 11.6 Å². The molecule has 0 saturated carbocycles. The number of halogens is 1. The third kappa shape index (κ3) is 2.33. The van der Waals surface area contributed by atoms with Gasteiger partial charge in [-0.05, 0) is 11.6 Å². The molecule has 0 aliphatic heterocycles. The highest BCUT2D eigenvalue weighted by atomic mass is 35.5. The molecule has 0 bridgehead atoms. The summed E-state index contributed by atoms with van der Waals surface area (Å²) in [6.07, 6.45) is 2.14. The van der Waals surface area contributed by atoms with Crippen LogP contribution in [-0.4, -0.2) is 19.9 Å². The first-order chi connectivity index (χ1) is 9.63. The summed E-state index contributed by atoms with van der Waals surface area (Å²) < 4.78 is 0. The molecule has 2 heterocycles. The number of nitrogens with zero attached hydrogens (tertiary/aromatic N) is 3.